The lowest BCUT2D eigenvalue weighted by molar-refractivity contribution is 0.122. The van der Waals surface area contributed by atoms with Crippen LogP contribution in [0.3, 0.4) is 0 Å². The monoisotopic (exact) mass is 174 g/mol. The van der Waals surface area contributed by atoms with Crippen molar-refractivity contribution in [3.8, 4) is 0 Å². The van der Waals surface area contributed by atoms with Crippen molar-refractivity contribution >= 4 is 0 Å². The highest BCUT2D eigenvalue weighted by atomic mass is 15.0. The van der Waals surface area contributed by atoms with Crippen LogP contribution in [-0.2, 0) is 0 Å². The Morgan fingerprint density at radius 2 is 1.58 bits per heavy atom. The van der Waals surface area contributed by atoms with Crippen molar-refractivity contribution in [1.29, 1.82) is 0 Å². The molecule has 0 aromatic carbocycles. The Labute approximate surface area is 74.7 Å². The van der Waals surface area contributed by atoms with Crippen molar-refractivity contribution in [3.63, 3.8) is 0 Å². The van der Waals surface area contributed by atoms with E-state index in [9.17, 15) is 0 Å². The first kappa shape index (κ1) is 11.8. The molecule has 0 atom stereocenters. The van der Waals surface area contributed by atoms with E-state index < -0.39 is 17.2 Å². The van der Waals surface area contributed by atoms with Gasteiger partial charge in [0.25, 0.3) is 0 Å². The van der Waals surface area contributed by atoms with Crippen LogP contribution in [0.1, 0.15) is 33.6 Å². The molecule has 0 saturated heterocycles. The van der Waals surface area contributed by atoms with E-state index in [2.05, 4.69) is 0 Å². The molecule has 0 unspecified atom stereocenters. The Bertz CT molecular complexity index is 140. The average molecular weight is 174 g/mol. The SMILES string of the molecule is CCCC(N)(N)C(C)(C)C(N)N. The maximum absolute atomic E-state index is 5.92. The van der Waals surface area contributed by atoms with Gasteiger partial charge in [-0.2, -0.15) is 0 Å². The fourth-order valence-corrected chi connectivity index (χ4v) is 1.05. The van der Waals surface area contributed by atoms with Crippen LogP contribution in [0.5, 0.6) is 0 Å². The zero-order valence-corrected chi connectivity index (χ0v) is 8.30. The van der Waals surface area contributed by atoms with Crippen molar-refractivity contribution in [3.05, 3.63) is 0 Å². The van der Waals surface area contributed by atoms with Crippen molar-refractivity contribution in [2.75, 3.05) is 0 Å². The fraction of sp³-hybridized carbons (Fsp3) is 1.00. The van der Waals surface area contributed by atoms with Gasteiger partial charge < -0.3 is 22.9 Å². The van der Waals surface area contributed by atoms with Gasteiger partial charge in [-0.15, -0.1) is 0 Å². The predicted octanol–water partition coefficient (Wildman–Crippen LogP) is -0.330. The number of hydrogen-bond acceptors (Lipinski definition) is 4. The highest BCUT2D eigenvalue weighted by molar-refractivity contribution is 4.96. The van der Waals surface area contributed by atoms with Gasteiger partial charge in [0.15, 0.2) is 0 Å². The largest absolute Gasteiger partial charge is 0.316 e. The number of nitrogens with two attached hydrogens (primary N) is 4. The highest BCUT2D eigenvalue weighted by Gasteiger charge is 2.40. The second kappa shape index (κ2) is 3.70. The molecule has 0 bridgehead atoms. The van der Waals surface area contributed by atoms with Crippen LogP contribution in [0.2, 0.25) is 0 Å². The van der Waals surface area contributed by atoms with Crippen LogP contribution in [-0.4, -0.2) is 11.8 Å². The summed E-state index contributed by atoms with van der Waals surface area (Å²) in [7, 11) is 0. The summed E-state index contributed by atoms with van der Waals surface area (Å²) in [5.41, 5.74) is 21.8. The van der Waals surface area contributed by atoms with E-state index in [0.717, 1.165) is 12.8 Å². The lowest BCUT2D eigenvalue weighted by Gasteiger charge is -2.43. The van der Waals surface area contributed by atoms with Crippen LogP contribution in [0.15, 0.2) is 0 Å². The summed E-state index contributed by atoms with van der Waals surface area (Å²) in [6, 6.07) is 0. The number of rotatable bonds is 4. The van der Waals surface area contributed by atoms with Gasteiger partial charge in [-0.25, -0.2) is 0 Å². The van der Waals surface area contributed by atoms with Crippen LogP contribution < -0.4 is 22.9 Å². The van der Waals surface area contributed by atoms with Gasteiger partial charge in [0.2, 0.25) is 0 Å². The van der Waals surface area contributed by atoms with Crippen molar-refractivity contribution in [2.45, 2.75) is 45.4 Å². The van der Waals surface area contributed by atoms with Crippen LogP contribution in [0.25, 0.3) is 0 Å². The lowest BCUT2D eigenvalue weighted by Crippen LogP contribution is -2.67. The van der Waals surface area contributed by atoms with E-state index in [0.29, 0.717) is 0 Å². The molecule has 0 aromatic rings. The smallest absolute Gasteiger partial charge is 0.0716 e. The first-order valence-electron chi connectivity index (χ1n) is 4.34. The van der Waals surface area contributed by atoms with E-state index in [4.69, 9.17) is 22.9 Å². The second-order valence-electron chi connectivity index (χ2n) is 4.04. The summed E-state index contributed by atoms with van der Waals surface area (Å²) in [4.78, 5) is 0. The normalized spacial score (nSPS) is 14.0. The van der Waals surface area contributed by atoms with Crippen molar-refractivity contribution < 1.29 is 0 Å². The molecule has 0 saturated carbocycles. The first-order chi connectivity index (χ1) is 5.25. The minimum Gasteiger partial charge on any atom is -0.316 e. The van der Waals surface area contributed by atoms with Crippen LogP contribution >= 0.6 is 0 Å². The first-order valence-corrected chi connectivity index (χ1v) is 4.34. The molecule has 0 aliphatic carbocycles. The average Bonchev–Trinajstić information content (AvgIpc) is 1.86. The molecule has 4 heteroatoms. The Balaban J connectivity index is 4.50. The Hall–Kier alpha value is -0.160. The Morgan fingerprint density at radius 3 is 1.83 bits per heavy atom. The summed E-state index contributed by atoms with van der Waals surface area (Å²) in [6.07, 6.45) is 1.17. The summed E-state index contributed by atoms with van der Waals surface area (Å²) in [6.45, 7) is 5.83. The summed E-state index contributed by atoms with van der Waals surface area (Å²) < 4.78 is 0. The summed E-state index contributed by atoms with van der Waals surface area (Å²) in [5, 5.41) is 0. The van der Waals surface area contributed by atoms with Gasteiger partial charge in [-0.3, -0.25) is 0 Å². The van der Waals surface area contributed by atoms with E-state index >= 15 is 0 Å². The third kappa shape index (κ3) is 2.17. The molecule has 0 aliphatic rings. The molecule has 4 nitrogen and oxygen atoms in total. The van der Waals surface area contributed by atoms with Gasteiger partial charge in [0, 0.05) is 5.41 Å². The molecule has 0 heterocycles. The lowest BCUT2D eigenvalue weighted by atomic mass is 9.75. The van der Waals surface area contributed by atoms with E-state index in [-0.39, 0.29) is 0 Å². The van der Waals surface area contributed by atoms with Gasteiger partial charge in [0.1, 0.15) is 0 Å². The quantitative estimate of drug-likeness (QED) is 0.438. The molecule has 12 heavy (non-hydrogen) atoms. The molecule has 0 aromatic heterocycles. The number of hydrogen-bond donors (Lipinski definition) is 4. The molecular formula is C8H22N4. The predicted molar refractivity (Wildman–Crippen MR) is 52.0 cm³/mol. The maximum atomic E-state index is 5.92. The zero-order valence-electron chi connectivity index (χ0n) is 8.30. The molecule has 74 valence electrons. The molecule has 0 fully saturated rings. The standard InChI is InChI=1S/C8H22N4/c1-4-5-8(11,12)7(2,3)6(9)10/h6H,4-5,9-12H2,1-3H3. The van der Waals surface area contributed by atoms with Gasteiger partial charge in [0.05, 0.1) is 11.8 Å². The molecule has 8 N–H and O–H groups in total. The Morgan fingerprint density at radius 1 is 1.17 bits per heavy atom. The van der Waals surface area contributed by atoms with Crippen LogP contribution in [0, 0.1) is 5.41 Å². The minimum atomic E-state index is -0.782. The molecular weight excluding hydrogens is 152 g/mol. The second-order valence-corrected chi connectivity index (χ2v) is 4.04. The highest BCUT2D eigenvalue weighted by Crippen LogP contribution is 2.29. The maximum Gasteiger partial charge on any atom is 0.0716 e. The van der Waals surface area contributed by atoms with Crippen molar-refractivity contribution in [1.82, 2.24) is 0 Å². The summed E-state index contributed by atoms with van der Waals surface area (Å²) >= 11 is 0. The van der Waals surface area contributed by atoms with E-state index in [1.165, 1.54) is 0 Å². The third-order valence-electron chi connectivity index (χ3n) is 2.70. The summed E-state index contributed by atoms with van der Waals surface area (Å²) in [5.74, 6) is 0. The topological polar surface area (TPSA) is 104 Å². The van der Waals surface area contributed by atoms with Crippen LogP contribution in [0.4, 0.5) is 0 Å². The van der Waals surface area contributed by atoms with E-state index in [1.54, 1.807) is 0 Å². The van der Waals surface area contributed by atoms with Gasteiger partial charge in [-0.1, -0.05) is 27.2 Å². The third-order valence-corrected chi connectivity index (χ3v) is 2.70. The van der Waals surface area contributed by atoms with Gasteiger partial charge >= 0.3 is 0 Å². The van der Waals surface area contributed by atoms with E-state index in [1.807, 2.05) is 20.8 Å². The molecule has 0 spiro atoms. The zero-order chi connectivity index (χ0) is 9.99. The van der Waals surface area contributed by atoms with Crippen molar-refractivity contribution in [2.24, 2.45) is 28.3 Å². The molecule has 0 radical (unpaired) electrons. The molecule has 0 aliphatic heterocycles. The fourth-order valence-electron chi connectivity index (χ4n) is 1.05. The minimum absolute atomic E-state index is 0.441. The molecule has 0 rings (SSSR count). The van der Waals surface area contributed by atoms with Gasteiger partial charge in [-0.05, 0) is 6.42 Å². The molecule has 0 amide bonds. The Kier molecular flexibility index (Phi) is 3.65.